The van der Waals surface area contributed by atoms with Gasteiger partial charge in [-0.2, -0.15) is 5.21 Å². The SMILES string of the molecule is NS(=O)(=O)CCC(Sc1nn[nH]n1)C1=C(C(=O)O)N2C(=O)C(NC(=O)C(O)c3ccc(O)cc3)[C@@H]2SC1. The van der Waals surface area contributed by atoms with Gasteiger partial charge in [-0.15, -0.1) is 22.0 Å². The highest BCUT2D eigenvalue weighted by atomic mass is 32.2. The highest BCUT2D eigenvalue weighted by molar-refractivity contribution is 8.01. The number of aliphatic carboxylic acids is 1. The number of carboxylic acids is 1. The fourth-order valence-corrected chi connectivity index (χ4v) is 7.09. The molecule has 1 aromatic heterocycles. The number of rotatable bonds is 10. The van der Waals surface area contributed by atoms with Crippen LogP contribution in [-0.2, 0) is 24.4 Å². The number of aromatic amines is 1. The molecule has 37 heavy (non-hydrogen) atoms. The van der Waals surface area contributed by atoms with Gasteiger partial charge in [0, 0.05) is 11.0 Å². The summed E-state index contributed by atoms with van der Waals surface area (Å²) < 4.78 is 23.2. The minimum absolute atomic E-state index is 0.0524. The number of carboxylic acid groups (broad SMARTS) is 1. The zero-order chi connectivity index (χ0) is 26.9. The van der Waals surface area contributed by atoms with Crippen molar-refractivity contribution in [3.8, 4) is 5.75 Å². The summed E-state index contributed by atoms with van der Waals surface area (Å²) >= 11 is 2.15. The molecule has 198 valence electrons. The van der Waals surface area contributed by atoms with Crippen LogP contribution in [0.25, 0.3) is 0 Å². The topological polar surface area (TPSA) is 242 Å². The molecule has 7 N–H and O–H groups in total. The number of aliphatic hydroxyl groups excluding tert-OH is 1. The van der Waals surface area contributed by atoms with Gasteiger partial charge in [0.2, 0.25) is 15.2 Å². The number of hydrogen-bond acceptors (Lipinski definition) is 12. The molecular formula is C19H21N7O8S3. The summed E-state index contributed by atoms with van der Waals surface area (Å²) in [5.41, 5.74) is 0.142. The van der Waals surface area contributed by atoms with Crippen molar-refractivity contribution in [2.24, 2.45) is 5.14 Å². The molecule has 1 fully saturated rings. The first kappa shape index (κ1) is 26.9. The number of β-lactam (4-membered cyclic amide) rings is 1. The average Bonchev–Trinajstić information content (AvgIpc) is 3.36. The van der Waals surface area contributed by atoms with Crippen molar-refractivity contribution in [1.29, 1.82) is 0 Å². The molecule has 2 aliphatic rings. The molecule has 1 saturated heterocycles. The third-order valence-corrected chi connectivity index (χ3v) is 8.88. The number of fused-ring (bicyclic) bond motifs is 1. The van der Waals surface area contributed by atoms with E-state index in [2.05, 4.69) is 25.9 Å². The van der Waals surface area contributed by atoms with Gasteiger partial charge in [0.15, 0.2) is 6.10 Å². The summed E-state index contributed by atoms with van der Waals surface area (Å²) in [6.45, 7) is 0. The second kappa shape index (κ2) is 10.7. The number of nitrogens with zero attached hydrogens (tertiary/aromatic N) is 4. The lowest BCUT2D eigenvalue weighted by Crippen LogP contribution is -2.71. The highest BCUT2D eigenvalue weighted by Crippen LogP contribution is 2.44. The third-order valence-electron chi connectivity index (χ3n) is 5.58. The van der Waals surface area contributed by atoms with Gasteiger partial charge in [-0.25, -0.2) is 18.4 Å². The third kappa shape index (κ3) is 5.87. The van der Waals surface area contributed by atoms with E-state index < -0.39 is 56.3 Å². The summed E-state index contributed by atoms with van der Waals surface area (Å²) in [5.74, 6) is -3.37. The number of amides is 2. The molecule has 18 heteroatoms. The lowest BCUT2D eigenvalue weighted by molar-refractivity contribution is -0.151. The number of tetrazole rings is 1. The molecule has 2 amide bonds. The molecule has 15 nitrogen and oxygen atoms in total. The quantitative estimate of drug-likeness (QED) is 0.141. The summed E-state index contributed by atoms with van der Waals surface area (Å²) in [6, 6.07) is 4.20. The van der Waals surface area contributed by atoms with Crippen LogP contribution in [0.2, 0.25) is 0 Å². The maximum absolute atomic E-state index is 13.0. The van der Waals surface area contributed by atoms with Gasteiger partial charge < -0.3 is 20.6 Å². The number of phenolic OH excluding ortho intramolecular Hbond substituents is 1. The maximum Gasteiger partial charge on any atom is 0.352 e. The van der Waals surface area contributed by atoms with Crippen LogP contribution in [0.3, 0.4) is 0 Å². The number of H-pyrrole nitrogens is 1. The maximum atomic E-state index is 13.0. The Morgan fingerprint density at radius 2 is 2.03 bits per heavy atom. The summed E-state index contributed by atoms with van der Waals surface area (Å²) in [4.78, 5) is 38.8. The van der Waals surface area contributed by atoms with E-state index >= 15 is 0 Å². The van der Waals surface area contributed by atoms with Crippen LogP contribution in [0.15, 0.2) is 40.7 Å². The fourth-order valence-electron chi connectivity index (χ4n) is 3.84. The van der Waals surface area contributed by atoms with E-state index in [1.165, 1.54) is 36.0 Å². The van der Waals surface area contributed by atoms with Crippen molar-refractivity contribution < 1.29 is 38.1 Å². The van der Waals surface area contributed by atoms with Gasteiger partial charge in [0.05, 0.1) is 5.75 Å². The number of carbonyl (C=O) groups is 3. The van der Waals surface area contributed by atoms with E-state index in [-0.39, 0.29) is 39.9 Å². The van der Waals surface area contributed by atoms with E-state index in [0.29, 0.717) is 0 Å². The van der Waals surface area contributed by atoms with Gasteiger partial charge in [-0.1, -0.05) is 23.9 Å². The first-order chi connectivity index (χ1) is 17.5. The predicted molar refractivity (Wildman–Crippen MR) is 129 cm³/mol. The molecule has 4 atom stereocenters. The molecule has 0 radical (unpaired) electrons. The van der Waals surface area contributed by atoms with Crippen LogP contribution in [-0.4, -0.2) is 95.2 Å². The van der Waals surface area contributed by atoms with Gasteiger partial charge in [0.1, 0.15) is 22.9 Å². The van der Waals surface area contributed by atoms with Gasteiger partial charge >= 0.3 is 5.97 Å². The largest absolute Gasteiger partial charge is 0.508 e. The normalized spacial score (nSPS) is 21.1. The van der Waals surface area contributed by atoms with Crippen molar-refractivity contribution >= 4 is 51.3 Å². The Balaban J connectivity index is 1.55. The molecule has 0 saturated carbocycles. The summed E-state index contributed by atoms with van der Waals surface area (Å²) in [6.07, 6.45) is -1.69. The lowest BCUT2D eigenvalue weighted by Gasteiger charge is -2.50. The molecule has 3 unspecified atom stereocenters. The van der Waals surface area contributed by atoms with Crippen LogP contribution in [0.1, 0.15) is 18.1 Å². The number of primary sulfonamides is 1. The van der Waals surface area contributed by atoms with Crippen LogP contribution < -0.4 is 10.5 Å². The van der Waals surface area contributed by atoms with Gasteiger partial charge in [0.25, 0.3) is 11.8 Å². The van der Waals surface area contributed by atoms with E-state index in [1.54, 1.807) is 0 Å². The van der Waals surface area contributed by atoms with Crippen molar-refractivity contribution in [2.45, 2.75) is 34.3 Å². The minimum Gasteiger partial charge on any atom is -0.508 e. The Labute approximate surface area is 217 Å². The number of thioether (sulfide) groups is 2. The number of carbonyl (C=O) groups excluding carboxylic acids is 2. The number of phenols is 1. The van der Waals surface area contributed by atoms with Crippen molar-refractivity contribution in [3.05, 3.63) is 41.1 Å². The average molecular weight is 572 g/mol. The number of aliphatic hydroxyl groups is 1. The fraction of sp³-hybridized carbons (Fsp3) is 0.368. The second-order valence-corrected chi connectivity index (χ2v) is 12.0. The smallest absolute Gasteiger partial charge is 0.352 e. The number of nitrogens with one attached hydrogen (secondary N) is 2. The summed E-state index contributed by atoms with van der Waals surface area (Å²) in [5, 5.41) is 49.2. The Morgan fingerprint density at radius 1 is 1.32 bits per heavy atom. The molecule has 0 aliphatic carbocycles. The Morgan fingerprint density at radius 3 is 2.62 bits per heavy atom. The zero-order valence-electron chi connectivity index (χ0n) is 18.7. The van der Waals surface area contributed by atoms with Crippen LogP contribution in [0.4, 0.5) is 0 Å². The van der Waals surface area contributed by atoms with E-state index in [4.69, 9.17) is 5.14 Å². The minimum atomic E-state index is -3.87. The zero-order valence-corrected chi connectivity index (χ0v) is 21.2. The highest BCUT2D eigenvalue weighted by Gasteiger charge is 2.55. The molecule has 2 aromatic rings. The Kier molecular flexibility index (Phi) is 7.74. The molecule has 0 spiro atoms. The van der Waals surface area contributed by atoms with Crippen molar-refractivity contribution in [2.75, 3.05) is 11.5 Å². The molecule has 2 aliphatic heterocycles. The number of hydrogen-bond donors (Lipinski definition) is 6. The lowest BCUT2D eigenvalue weighted by atomic mass is 10.00. The molecule has 1 aromatic carbocycles. The summed E-state index contributed by atoms with van der Waals surface area (Å²) in [7, 11) is -3.87. The first-order valence-corrected chi connectivity index (χ1v) is 14.2. The Bertz CT molecular complexity index is 1330. The van der Waals surface area contributed by atoms with E-state index in [1.807, 2.05) is 0 Å². The van der Waals surface area contributed by atoms with E-state index in [0.717, 1.165) is 16.7 Å². The van der Waals surface area contributed by atoms with E-state index in [9.17, 15) is 38.1 Å². The monoisotopic (exact) mass is 571 g/mol. The second-order valence-electron chi connectivity index (χ2n) is 8.03. The Hall–Kier alpha value is -3.19. The molecular weight excluding hydrogens is 550 g/mol. The number of nitrogens with two attached hydrogens (primary N) is 1. The number of benzene rings is 1. The first-order valence-electron chi connectivity index (χ1n) is 10.5. The molecule has 0 bridgehead atoms. The standard InChI is InChI=1S/C19H21N7O8S3/c20-37(33,34)6-5-11(36-19-22-24-25-23-19)10-7-35-17-12(16(30)26(17)13(10)18(31)32)21-15(29)14(28)8-1-3-9(27)4-2-8/h1-4,11-12,14,17,27-28H,5-7H2,(H,21,29)(H,31,32)(H2,20,33,34)(H,22,23,24,25)/t11?,12?,14?,17-/m0/s1. The molecule has 4 rings (SSSR count). The van der Waals surface area contributed by atoms with Gasteiger partial charge in [-0.05, 0) is 34.9 Å². The number of aromatic nitrogens is 4. The number of sulfonamides is 1. The van der Waals surface area contributed by atoms with Crippen molar-refractivity contribution in [1.82, 2.24) is 30.8 Å². The van der Waals surface area contributed by atoms with Crippen LogP contribution in [0, 0.1) is 0 Å². The molecule has 3 heterocycles. The van der Waals surface area contributed by atoms with Crippen LogP contribution >= 0.6 is 23.5 Å². The van der Waals surface area contributed by atoms with Crippen LogP contribution in [0.5, 0.6) is 5.75 Å². The van der Waals surface area contributed by atoms with Gasteiger partial charge in [-0.3, -0.25) is 14.5 Å². The number of aromatic hydroxyl groups is 1. The predicted octanol–water partition coefficient (Wildman–Crippen LogP) is -1.48. The van der Waals surface area contributed by atoms with Crippen molar-refractivity contribution in [3.63, 3.8) is 0 Å².